The second-order valence-electron chi connectivity index (χ2n) is 3.29. The molecular formula is C10H9F3O2Se. The monoisotopic (exact) mass is 298 g/mol. The molecule has 16 heavy (non-hydrogen) atoms. The Morgan fingerprint density at radius 2 is 1.94 bits per heavy atom. The zero-order valence-electron chi connectivity index (χ0n) is 8.16. The van der Waals surface area contributed by atoms with Crippen molar-refractivity contribution >= 4 is 19.4 Å². The number of halogens is 3. The molecule has 88 valence electrons. The Balaban J connectivity index is 1.87. The van der Waals surface area contributed by atoms with E-state index >= 15 is 0 Å². The van der Waals surface area contributed by atoms with Gasteiger partial charge in [0, 0.05) is 0 Å². The molecule has 6 heteroatoms. The van der Waals surface area contributed by atoms with E-state index in [4.69, 9.17) is 9.47 Å². The molecule has 1 aromatic rings. The maximum atomic E-state index is 12.1. The second kappa shape index (κ2) is 4.65. The first-order valence-corrected chi connectivity index (χ1v) is 6.34. The van der Waals surface area contributed by atoms with Gasteiger partial charge in [0.05, 0.1) is 0 Å². The van der Waals surface area contributed by atoms with Gasteiger partial charge in [0.15, 0.2) is 0 Å². The minimum absolute atomic E-state index is 0.152. The predicted molar refractivity (Wildman–Crippen MR) is 53.1 cm³/mol. The van der Waals surface area contributed by atoms with Gasteiger partial charge in [-0.15, -0.1) is 0 Å². The molecule has 1 aliphatic heterocycles. The van der Waals surface area contributed by atoms with Gasteiger partial charge in [-0.3, -0.25) is 0 Å². The summed E-state index contributed by atoms with van der Waals surface area (Å²) in [5.74, 6) is 0.581. The summed E-state index contributed by atoms with van der Waals surface area (Å²) in [7, 11) is 0. The Labute approximate surface area is 96.9 Å². The van der Waals surface area contributed by atoms with E-state index in [0.29, 0.717) is 23.4 Å². The Morgan fingerprint density at radius 3 is 2.44 bits per heavy atom. The van der Waals surface area contributed by atoms with Gasteiger partial charge >= 0.3 is 96.5 Å². The zero-order valence-corrected chi connectivity index (χ0v) is 9.87. The molecule has 1 unspecified atom stereocenters. The third-order valence-corrected chi connectivity index (χ3v) is 3.45. The van der Waals surface area contributed by atoms with Crippen molar-refractivity contribution in [2.45, 2.75) is 11.2 Å². The van der Waals surface area contributed by atoms with E-state index in [1.807, 2.05) is 0 Å². The average Bonchev–Trinajstić information content (AvgIpc) is 2.98. The normalized spacial score (nSPS) is 19.6. The van der Waals surface area contributed by atoms with E-state index in [2.05, 4.69) is 0 Å². The molecule has 1 aliphatic rings. The molecule has 2 nitrogen and oxygen atoms in total. The average molecular weight is 297 g/mol. The number of epoxide rings is 1. The second-order valence-corrected chi connectivity index (χ2v) is 5.67. The number of alkyl halides is 3. The summed E-state index contributed by atoms with van der Waals surface area (Å²) in [5.41, 5.74) is 0. The first-order chi connectivity index (χ1) is 7.53. The molecular weight excluding hydrogens is 288 g/mol. The van der Waals surface area contributed by atoms with Gasteiger partial charge in [0.1, 0.15) is 0 Å². The van der Waals surface area contributed by atoms with E-state index in [1.165, 1.54) is 12.1 Å². The molecule has 0 spiro atoms. The minimum atomic E-state index is -4.10. The molecule has 1 heterocycles. The first-order valence-electron chi connectivity index (χ1n) is 4.63. The topological polar surface area (TPSA) is 21.8 Å². The summed E-state index contributed by atoms with van der Waals surface area (Å²) in [4.78, 5) is 0. The Morgan fingerprint density at radius 1 is 1.31 bits per heavy atom. The van der Waals surface area contributed by atoms with E-state index in [0.717, 1.165) is 0 Å². The van der Waals surface area contributed by atoms with E-state index in [-0.39, 0.29) is 6.10 Å². The zero-order chi connectivity index (χ0) is 11.6. The van der Waals surface area contributed by atoms with Gasteiger partial charge < -0.3 is 0 Å². The number of ether oxygens (including phenoxy) is 2. The van der Waals surface area contributed by atoms with Crippen LogP contribution in [-0.4, -0.2) is 39.3 Å². The van der Waals surface area contributed by atoms with Crippen LogP contribution in [0.1, 0.15) is 0 Å². The van der Waals surface area contributed by atoms with Crippen LogP contribution in [0.25, 0.3) is 0 Å². The molecule has 0 N–H and O–H groups in total. The van der Waals surface area contributed by atoms with Crippen LogP contribution in [0.5, 0.6) is 5.75 Å². The predicted octanol–water partition coefficient (Wildman–Crippen LogP) is 1.31. The van der Waals surface area contributed by atoms with E-state index in [1.54, 1.807) is 12.1 Å². The third kappa shape index (κ3) is 4.04. The molecule has 1 atom stereocenters. The molecule has 0 bridgehead atoms. The van der Waals surface area contributed by atoms with E-state index < -0.39 is 20.0 Å². The van der Waals surface area contributed by atoms with Crippen LogP contribution in [0.3, 0.4) is 0 Å². The molecule has 2 rings (SSSR count). The molecule has 0 saturated carbocycles. The van der Waals surface area contributed by atoms with Gasteiger partial charge in [-0.2, -0.15) is 0 Å². The molecule has 1 fully saturated rings. The van der Waals surface area contributed by atoms with Gasteiger partial charge in [-0.1, -0.05) is 0 Å². The first kappa shape index (κ1) is 11.8. The summed E-state index contributed by atoms with van der Waals surface area (Å²) in [6.45, 7) is 1.17. The Kier molecular flexibility index (Phi) is 3.42. The van der Waals surface area contributed by atoms with Crippen LogP contribution in [0.15, 0.2) is 24.3 Å². The van der Waals surface area contributed by atoms with Crippen molar-refractivity contribution in [3.05, 3.63) is 24.3 Å². The van der Waals surface area contributed by atoms with Crippen LogP contribution in [0, 0.1) is 0 Å². The quantitative estimate of drug-likeness (QED) is 0.617. The summed E-state index contributed by atoms with van der Waals surface area (Å²) >= 11 is -1.48. The molecule has 0 aromatic heterocycles. The summed E-state index contributed by atoms with van der Waals surface area (Å²) < 4.78 is 46.8. The fourth-order valence-corrected chi connectivity index (χ4v) is 2.22. The number of rotatable bonds is 4. The van der Waals surface area contributed by atoms with Gasteiger partial charge in [-0.25, -0.2) is 0 Å². The van der Waals surface area contributed by atoms with Crippen molar-refractivity contribution < 1.29 is 22.6 Å². The van der Waals surface area contributed by atoms with Crippen molar-refractivity contribution in [2.75, 3.05) is 13.2 Å². The maximum absolute atomic E-state index is 12.1. The van der Waals surface area contributed by atoms with Gasteiger partial charge in [0.25, 0.3) is 0 Å². The number of benzene rings is 1. The van der Waals surface area contributed by atoms with Crippen molar-refractivity contribution in [1.29, 1.82) is 0 Å². The summed E-state index contributed by atoms with van der Waals surface area (Å²) in [6, 6.07) is 6.03. The SMILES string of the molecule is FC(F)(F)[Se]c1ccc(OCC2CO2)cc1. The van der Waals surface area contributed by atoms with Gasteiger partial charge in [0.2, 0.25) is 0 Å². The summed E-state index contributed by atoms with van der Waals surface area (Å²) in [5, 5.41) is -4.10. The molecule has 0 amide bonds. The van der Waals surface area contributed by atoms with Crippen molar-refractivity contribution in [1.82, 2.24) is 0 Å². The standard InChI is InChI=1S/C10H9F3O2Se/c11-10(12,13)16-9-3-1-7(2-4-9)14-5-8-6-15-8/h1-4,8H,5-6H2. The van der Waals surface area contributed by atoms with Crippen LogP contribution in [0.4, 0.5) is 13.2 Å². The van der Waals surface area contributed by atoms with Crippen molar-refractivity contribution in [3.63, 3.8) is 0 Å². The molecule has 1 saturated heterocycles. The van der Waals surface area contributed by atoms with Crippen LogP contribution >= 0.6 is 0 Å². The third-order valence-electron chi connectivity index (χ3n) is 1.90. The molecule has 0 aliphatic carbocycles. The van der Waals surface area contributed by atoms with Crippen LogP contribution < -0.4 is 9.20 Å². The number of hydrogen-bond acceptors (Lipinski definition) is 2. The van der Waals surface area contributed by atoms with Crippen LogP contribution in [0.2, 0.25) is 0 Å². The number of hydrogen-bond donors (Lipinski definition) is 0. The fourth-order valence-electron chi connectivity index (χ4n) is 1.09. The Bertz CT molecular complexity index is 346. The Hall–Kier alpha value is -0.711. The molecule has 0 radical (unpaired) electrons. The van der Waals surface area contributed by atoms with Crippen molar-refractivity contribution in [2.24, 2.45) is 0 Å². The van der Waals surface area contributed by atoms with Crippen molar-refractivity contribution in [3.8, 4) is 5.75 Å². The summed E-state index contributed by atoms with van der Waals surface area (Å²) in [6.07, 6.45) is 0.152. The fraction of sp³-hybridized carbons (Fsp3) is 0.400. The molecule has 1 aromatic carbocycles. The van der Waals surface area contributed by atoms with Gasteiger partial charge in [-0.05, 0) is 0 Å². The van der Waals surface area contributed by atoms with E-state index in [9.17, 15) is 13.2 Å². The van der Waals surface area contributed by atoms with Crippen LogP contribution in [-0.2, 0) is 4.74 Å².